The van der Waals surface area contributed by atoms with Crippen LogP contribution in [-0.4, -0.2) is 57.8 Å². The molecule has 1 aliphatic carbocycles. The number of carbonyl (C=O) groups is 1. The Bertz CT molecular complexity index is 899. The standard InChI is InChI=1S/C18H26N2O5S2/c1-14-6-5-9-16(10-14)27(24,25)19-11-18(21)20-12-17(13-20)26(22,23)15-7-3-2-4-8-15/h5-6,9-10,15,17,19H,2-4,7-8,11-13H2,1H3. The molecule has 0 spiro atoms. The summed E-state index contributed by atoms with van der Waals surface area (Å²) in [5.41, 5.74) is 0.808. The lowest BCUT2D eigenvalue weighted by Gasteiger charge is -2.40. The Labute approximate surface area is 161 Å². The minimum atomic E-state index is -3.77. The lowest BCUT2D eigenvalue weighted by molar-refractivity contribution is -0.133. The van der Waals surface area contributed by atoms with E-state index >= 15 is 0 Å². The molecule has 2 fully saturated rings. The Morgan fingerprint density at radius 1 is 1.07 bits per heavy atom. The van der Waals surface area contributed by atoms with Gasteiger partial charge in [-0.2, -0.15) is 0 Å². The molecule has 0 aromatic heterocycles. The van der Waals surface area contributed by atoms with Crippen LogP contribution in [0.15, 0.2) is 29.2 Å². The smallest absolute Gasteiger partial charge is 0.241 e. The van der Waals surface area contributed by atoms with E-state index in [0.717, 1.165) is 24.8 Å². The summed E-state index contributed by atoms with van der Waals surface area (Å²) in [4.78, 5) is 13.7. The van der Waals surface area contributed by atoms with E-state index < -0.39 is 31.0 Å². The van der Waals surface area contributed by atoms with E-state index in [1.165, 1.54) is 17.0 Å². The number of hydrogen-bond donors (Lipinski definition) is 1. The topological polar surface area (TPSA) is 101 Å². The summed E-state index contributed by atoms with van der Waals surface area (Å²) in [7, 11) is -6.99. The summed E-state index contributed by atoms with van der Waals surface area (Å²) < 4.78 is 52.1. The van der Waals surface area contributed by atoms with E-state index in [4.69, 9.17) is 0 Å². The van der Waals surface area contributed by atoms with Crippen LogP contribution in [0, 0.1) is 6.92 Å². The Morgan fingerprint density at radius 3 is 2.37 bits per heavy atom. The fourth-order valence-electron chi connectivity index (χ4n) is 3.65. The Morgan fingerprint density at radius 2 is 1.74 bits per heavy atom. The highest BCUT2D eigenvalue weighted by Gasteiger charge is 2.43. The summed E-state index contributed by atoms with van der Waals surface area (Å²) in [6, 6.07) is 6.43. The van der Waals surface area contributed by atoms with Crippen LogP contribution in [0.2, 0.25) is 0 Å². The molecule has 0 unspecified atom stereocenters. The van der Waals surface area contributed by atoms with Crippen molar-refractivity contribution in [2.75, 3.05) is 19.6 Å². The normalized spacial score (nSPS) is 19.7. The second-order valence-corrected chi connectivity index (χ2v) is 11.7. The number of benzene rings is 1. The minimum absolute atomic E-state index is 0.108. The number of nitrogens with zero attached hydrogens (tertiary/aromatic N) is 1. The largest absolute Gasteiger partial charge is 0.339 e. The second kappa shape index (κ2) is 7.89. The number of hydrogen-bond acceptors (Lipinski definition) is 5. The average molecular weight is 415 g/mol. The molecule has 1 aromatic carbocycles. The fourth-order valence-corrected chi connectivity index (χ4v) is 7.04. The molecule has 7 nitrogen and oxygen atoms in total. The van der Waals surface area contributed by atoms with Gasteiger partial charge in [0, 0.05) is 13.1 Å². The number of rotatable bonds is 6. The van der Waals surface area contributed by atoms with E-state index in [1.54, 1.807) is 19.1 Å². The van der Waals surface area contributed by atoms with Crippen LogP contribution in [0.4, 0.5) is 0 Å². The summed E-state index contributed by atoms with van der Waals surface area (Å²) in [6.07, 6.45) is 4.40. The van der Waals surface area contributed by atoms with Crippen molar-refractivity contribution in [1.29, 1.82) is 0 Å². The summed E-state index contributed by atoms with van der Waals surface area (Å²) >= 11 is 0. The molecule has 1 saturated heterocycles. The lowest BCUT2D eigenvalue weighted by atomic mass is 10.0. The van der Waals surface area contributed by atoms with Gasteiger partial charge in [0.1, 0.15) is 0 Å². The molecule has 1 saturated carbocycles. The van der Waals surface area contributed by atoms with Gasteiger partial charge in [-0.25, -0.2) is 21.6 Å². The quantitative estimate of drug-likeness (QED) is 0.755. The summed E-state index contributed by atoms with van der Waals surface area (Å²) in [5.74, 6) is -0.402. The third-order valence-electron chi connectivity index (χ3n) is 5.40. The first-order valence-corrected chi connectivity index (χ1v) is 12.4. The van der Waals surface area contributed by atoms with Crippen molar-refractivity contribution in [3.8, 4) is 0 Å². The minimum Gasteiger partial charge on any atom is -0.339 e. The number of aryl methyl sites for hydroxylation is 1. The van der Waals surface area contributed by atoms with Crippen molar-refractivity contribution >= 4 is 25.8 Å². The Hall–Kier alpha value is -1.45. The number of sulfonamides is 1. The van der Waals surface area contributed by atoms with Crippen LogP contribution in [0.25, 0.3) is 0 Å². The van der Waals surface area contributed by atoms with Crippen molar-refractivity contribution in [3.63, 3.8) is 0 Å². The van der Waals surface area contributed by atoms with Crippen LogP contribution in [0.1, 0.15) is 37.7 Å². The van der Waals surface area contributed by atoms with Crippen LogP contribution in [0.5, 0.6) is 0 Å². The predicted octanol–water partition coefficient (Wildman–Crippen LogP) is 1.23. The van der Waals surface area contributed by atoms with Gasteiger partial charge in [-0.1, -0.05) is 31.4 Å². The third-order valence-corrected chi connectivity index (χ3v) is 9.42. The Balaban J connectivity index is 1.52. The van der Waals surface area contributed by atoms with Gasteiger partial charge in [0.2, 0.25) is 15.9 Å². The molecule has 150 valence electrons. The molecule has 3 rings (SSSR count). The van der Waals surface area contributed by atoms with Gasteiger partial charge in [-0.05, 0) is 37.5 Å². The number of sulfone groups is 1. The molecular formula is C18H26N2O5S2. The van der Waals surface area contributed by atoms with Crippen LogP contribution in [0.3, 0.4) is 0 Å². The lowest BCUT2D eigenvalue weighted by Crippen LogP contribution is -2.60. The first-order chi connectivity index (χ1) is 12.7. The van der Waals surface area contributed by atoms with Gasteiger partial charge < -0.3 is 4.90 Å². The third kappa shape index (κ3) is 4.52. The van der Waals surface area contributed by atoms with Crippen molar-refractivity contribution in [2.45, 2.75) is 54.4 Å². The van der Waals surface area contributed by atoms with Gasteiger partial charge in [-0.15, -0.1) is 0 Å². The zero-order valence-corrected chi connectivity index (χ0v) is 17.1. The van der Waals surface area contributed by atoms with E-state index in [9.17, 15) is 21.6 Å². The van der Waals surface area contributed by atoms with Crippen molar-refractivity contribution < 1.29 is 21.6 Å². The molecule has 27 heavy (non-hydrogen) atoms. The van der Waals surface area contributed by atoms with Gasteiger partial charge >= 0.3 is 0 Å². The van der Waals surface area contributed by atoms with Crippen molar-refractivity contribution in [2.24, 2.45) is 0 Å². The highest BCUT2D eigenvalue weighted by Crippen LogP contribution is 2.29. The van der Waals surface area contributed by atoms with Crippen LogP contribution >= 0.6 is 0 Å². The molecule has 9 heteroatoms. The average Bonchev–Trinajstić information content (AvgIpc) is 2.59. The summed E-state index contributed by atoms with van der Waals surface area (Å²) in [6.45, 7) is 1.73. The molecule has 0 atom stereocenters. The second-order valence-electron chi connectivity index (χ2n) is 7.41. The van der Waals surface area contributed by atoms with Gasteiger partial charge in [0.15, 0.2) is 9.84 Å². The van der Waals surface area contributed by atoms with Gasteiger partial charge in [-0.3, -0.25) is 4.79 Å². The van der Waals surface area contributed by atoms with Crippen molar-refractivity contribution in [1.82, 2.24) is 9.62 Å². The monoisotopic (exact) mass is 414 g/mol. The molecule has 1 aliphatic heterocycles. The number of carbonyl (C=O) groups excluding carboxylic acids is 1. The number of likely N-dealkylation sites (tertiary alicyclic amines) is 1. The zero-order chi connectivity index (χ0) is 19.7. The number of amides is 1. The molecule has 1 heterocycles. The first-order valence-electron chi connectivity index (χ1n) is 9.27. The molecule has 1 N–H and O–H groups in total. The highest BCUT2D eigenvalue weighted by atomic mass is 32.2. The maximum Gasteiger partial charge on any atom is 0.241 e. The maximum atomic E-state index is 12.6. The highest BCUT2D eigenvalue weighted by molar-refractivity contribution is 7.92. The van der Waals surface area contributed by atoms with E-state index in [2.05, 4.69) is 4.72 Å². The molecule has 0 bridgehead atoms. The molecule has 2 aliphatic rings. The van der Waals surface area contributed by atoms with E-state index in [1.807, 2.05) is 0 Å². The predicted molar refractivity (Wildman–Crippen MR) is 103 cm³/mol. The van der Waals surface area contributed by atoms with Crippen LogP contribution < -0.4 is 4.72 Å². The van der Waals surface area contributed by atoms with Crippen molar-refractivity contribution in [3.05, 3.63) is 29.8 Å². The Kier molecular flexibility index (Phi) is 5.93. The number of nitrogens with one attached hydrogen (secondary N) is 1. The zero-order valence-electron chi connectivity index (χ0n) is 15.4. The molecule has 0 radical (unpaired) electrons. The van der Waals surface area contributed by atoms with Gasteiger partial charge in [0.25, 0.3) is 0 Å². The maximum absolute atomic E-state index is 12.6. The molecule has 1 amide bonds. The van der Waals surface area contributed by atoms with E-state index in [0.29, 0.717) is 12.8 Å². The summed E-state index contributed by atoms with van der Waals surface area (Å²) in [5, 5.41) is -0.800. The fraction of sp³-hybridized carbons (Fsp3) is 0.611. The van der Waals surface area contributed by atoms with Gasteiger partial charge in [0.05, 0.1) is 21.9 Å². The SMILES string of the molecule is Cc1cccc(S(=O)(=O)NCC(=O)N2CC(S(=O)(=O)C3CCCCC3)C2)c1. The first kappa shape index (κ1) is 20.3. The van der Waals surface area contributed by atoms with E-state index in [-0.39, 0.29) is 29.8 Å². The van der Waals surface area contributed by atoms with Crippen LogP contribution in [-0.2, 0) is 24.7 Å². The molecular weight excluding hydrogens is 388 g/mol. The molecule has 1 aromatic rings.